The molecule has 8 heteroatoms. The number of carbonyl (C=O) groups excluding carboxylic acids is 2. The topological polar surface area (TPSA) is 63.7 Å². The summed E-state index contributed by atoms with van der Waals surface area (Å²) in [5, 5.41) is 1.54. The number of nitrogens with zero attached hydrogens (tertiary/aromatic N) is 1. The summed E-state index contributed by atoms with van der Waals surface area (Å²) in [6.07, 6.45) is 0. The van der Waals surface area contributed by atoms with E-state index in [1.165, 1.54) is 17.4 Å². The summed E-state index contributed by atoms with van der Waals surface area (Å²) in [7, 11) is 0. The average Bonchev–Trinajstić information content (AvgIpc) is 2.78. The van der Waals surface area contributed by atoms with Gasteiger partial charge in [0.25, 0.3) is 11.8 Å². The van der Waals surface area contributed by atoms with Gasteiger partial charge >= 0.3 is 58.2 Å². The summed E-state index contributed by atoms with van der Waals surface area (Å²) in [6.45, 7) is 0. The molecule has 0 fully saturated rings. The molecule has 108 valence electrons. The van der Waals surface area contributed by atoms with Gasteiger partial charge < -0.3 is 17.2 Å². The molecule has 0 saturated heterocycles. The molecule has 1 aliphatic rings. The second-order valence-electron chi connectivity index (χ2n) is 4.77. The second-order valence-corrected chi connectivity index (χ2v) is 5.97. The summed E-state index contributed by atoms with van der Waals surface area (Å²) in [5.41, 5.74) is 0.221. The first kappa shape index (κ1) is 17.4. The molecular weight excluding hydrogens is 408 g/mol. The summed E-state index contributed by atoms with van der Waals surface area (Å²) >= 11 is 5.66. The van der Waals surface area contributed by atoms with Crippen molar-refractivity contribution >= 4 is 56.2 Å². The molecule has 0 bridgehead atoms. The molecule has 0 N–H and O–H groups in total. The van der Waals surface area contributed by atoms with Crippen LogP contribution in [0.2, 0.25) is 0 Å². The first-order chi connectivity index (χ1) is 10.6. The van der Waals surface area contributed by atoms with Gasteiger partial charge in [0.2, 0.25) is 0 Å². The molecule has 0 unspecified atom stereocenters. The molecule has 1 aromatic heterocycles. The molecule has 0 spiro atoms. The van der Waals surface area contributed by atoms with Crippen LogP contribution in [0.1, 0.15) is 20.7 Å². The Labute approximate surface area is 188 Å². The molecule has 0 radical (unpaired) electrons. The average molecular weight is 414 g/mol. The van der Waals surface area contributed by atoms with Gasteiger partial charge in [-0.2, -0.15) is 5.06 Å². The van der Waals surface area contributed by atoms with E-state index in [-0.39, 0.29) is 74.7 Å². The number of carbonyl (C=O) groups is 2. The van der Waals surface area contributed by atoms with Gasteiger partial charge in [-0.3, -0.25) is 14.4 Å². The Morgan fingerprint density at radius 1 is 0.957 bits per heavy atom. The molecule has 4 rings (SSSR count). The number of hydroxylamine groups is 2. The molecule has 1 aliphatic heterocycles. The minimum atomic E-state index is -0.633. The summed E-state index contributed by atoms with van der Waals surface area (Å²) < 4.78 is 5.67. The van der Waals surface area contributed by atoms with Crippen molar-refractivity contribution in [1.29, 1.82) is 0 Å². The fraction of sp³-hybridized carbons (Fsp3) is 0. The van der Waals surface area contributed by atoms with Crippen LogP contribution in [0.15, 0.2) is 41.2 Å². The summed E-state index contributed by atoms with van der Waals surface area (Å²) in [5.74, 6) is -1.24. The van der Waals surface area contributed by atoms with E-state index >= 15 is 0 Å². The predicted molar refractivity (Wildman–Crippen MR) is 84.6 cm³/mol. The van der Waals surface area contributed by atoms with Crippen LogP contribution in [0.4, 0.5) is 0 Å². The van der Waals surface area contributed by atoms with E-state index in [2.05, 4.69) is 17.2 Å². The van der Waals surface area contributed by atoms with Crippen LogP contribution in [-0.2, 0) is 17.2 Å². The summed E-state index contributed by atoms with van der Waals surface area (Å²) in [6, 6.07) is 10.2. The zero-order valence-corrected chi connectivity index (χ0v) is 18.4. The van der Waals surface area contributed by atoms with E-state index in [0.29, 0.717) is 20.5 Å². The maximum Gasteiger partial charge on any atom is 1.00 e. The molecule has 5 nitrogen and oxygen atoms in total. The van der Waals surface area contributed by atoms with Gasteiger partial charge in [0, 0.05) is 15.5 Å². The molecule has 23 heavy (non-hydrogen) atoms. The van der Waals surface area contributed by atoms with E-state index in [9.17, 15) is 14.4 Å². The fourth-order valence-electron chi connectivity index (χ4n) is 2.63. The van der Waals surface area contributed by atoms with Gasteiger partial charge in [0.1, 0.15) is 0 Å². The number of amides is 2. The number of rotatable bonds is 1. The first-order valence-corrected chi connectivity index (χ1v) is 7.45. The number of hydrogen-bond donors (Lipinski definition) is 0. The third-order valence-electron chi connectivity index (χ3n) is 3.63. The van der Waals surface area contributed by atoms with Crippen LogP contribution >= 0.6 is 11.3 Å². The van der Waals surface area contributed by atoms with Crippen LogP contribution in [0.3, 0.4) is 0 Å². The van der Waals surface area contributed by atoms with Crippen molar-refractivity contribution in [3.8, 4) is 0 Å². The third kappa shape index (κ3) is 2.50. The Hall–Kier alpha value is -0.415. The van der Waals surface area contributed by atoms with Crippen LogP contribution in [-0.4, -0.2) is 16.9 Å². The summed E-state index contributed by atoms with van der Waals surface area (Å²) in [4.78, 5) is 37.0. The Morgan fingerprint density at radius 2 is 1.70 bits per heavy atom. The molecule has 2 heterocycles. The van der Waals surface area contributed by atoms with Crippen molar-refractivity contribution < 1.29 is 72.1 Å². The number of benzene rings is 2. The van der Waals surface area contributed by atoms with E-state index in [4.69, 9.17) is 0 Å². The monoisotopic (exact) mass is 413 g/mol. The van der Waals surface area contributed by atoms with E-state index < -0.39 is 11.8 Å². The first-order valence-electron chi connectivity index (χ1n) is 6.31. The molecule has 2 aromatic carbocycles. The van der Waals surface area contributed by atoms with Gasteiger partial charge in [-0.05, 0) is 24.3 Å². The normalized spacial score (nSPS) is 13.5. The minimum Gasteiger partial charge on any atom is -0.590 e. The van der Waals surface area contributed by atoms with Crippen LogP contribution in [0.25, 0.3) is 20.2 Å². The number of imide groups is 1. The standard InChI is InChI=1S/C15H7NO4S2.Rb/c17-12-7-3-1-2-4-10(7)22-13-9(12)6-5-8-11(13)15(19)16(20-21)14(8)18;/h1-6,21H;/q;+1/p-1. The molecule has 3 aromatic rings. The molecular formula is C15H6NO4RbS2. The van der Waals surface area contributed by atoms with E-state index in [1.807, 2.05) is 12.1 Å². The van der Waals surface area contributed by atoms with Gasteiger partial charge in [-0.25, -0.2) is 0 Å². The van der Waals surface area contributed by atoms with Crippen LogP contribution in [0, 0.1) is 0 Å². The smallest absolute Gasteiger partial charge is 0.590 e. The molecule has 0 aliphatic carbocycles. The van der Waals surface area contributed by atoms with Crippen molar-refractivity contribution in [2.75, 3.05) is 0 Å². The fourth-order valence-corrected chi connectivity index (χ4v) is 3.97. The van der Waals surface area contributed by atoms with Crippen molar-refractivity contribution in [3.05, 3.63) is 57.7 Å². The molecule has 0 saturated carbocycles. The Bertz CT molecular complexity index is 1050. The quantitative estimate of drug-likeness (QED) is 0.303. The largest absolute Gasteiger partial charge is 1.00 e. The van der Waals surface area contributed by atoms with Gasteiger partial charge in [0.05, 0.1) is 15.8 Å². The van der Waals surface area contributed by atoms with Crippen LogP contribution in [0.5, 0.6) is 0 Å². The zero-order chi connectivity index (χ0) is 15.4. The second kappa shape index (κ2) is 6.47. The third-order valence-corrected chi connectivity index (χ3v) is 4.99. The van der Waals surface area contributed by atoms with Crippen molar-refractivity contribution in [3.63, 3.8) is 0 Å². The van der Waals surface area contributed by atoms with E-state index in [1.54, 1.807) is 18.2 Å². The molecule has 2 amide bonds. The predicted octanol–water partition coefficient (Wildman–Crippen LogP) is -0.592. The minimum absolute atomic E-state index is 0. The molecule has 0 atom stereocenters. The van der Waals surface area contributed by atoms with Crippen molar-refractivity contribution in [2.45, 2.75) is 0 Å². The van der Waals surface area contributed by atoms with Gasteiger partial charge in [0.15, 0.2) is 5.43 Å². The maximum absolute atomic E-state index is 12.6. The Morgan fingerprint density at radius 3 is 2.43 bits per heavy atom. The van der Waals surface area contributed by atoms with Gasteiger partial charge in [-0.1, -0.05) is 12.1 Å². The van der Waals surface area contributed by atoms with Crippen LogP contribution < -0.4 is 63.6 Å². The number of hydrogen-bond acceptors (Lipinski definition) is 6. The zero-order valence-electron chi connectivity index (χ0n) is 11.9. The Kier molecular flexibility index (Phi) is 4.90. The van der Waals surface area contributed by atoms with Crippen molar-refractivity contribution in [1.82, 2.24) is 5.06 Å². The van der Waals surface area contributed by atoms with E-state index in [0.717, 1.165) is 4.70 Å². The van der Waals surface area contributed by atoms with Gasteiger partial charge in [-0.15, -0.1) is 11.3 Å². The maximum atomic E-state index is 12.6. The number of fused-ring (bicyclic) bond motifs is 4. The van der Waals surface area contributed by atoms with Crippen molar-refractivity contribution in [2.24, 2.45) is 0 Å². The SMILES string of the molecule is O=C1c2ccc3c(=O)c4ccccc4sc3c2C(=O)N1O[S-].[Rb+]. The Balaban J connectivity index is 0.00000156.